The maximum atomic E-state index is 6.19. The Morgan fingerprint density at radius 2 is 2.10 bits per heavy atom. The first-order valence-electron chi connectivity index (χ1n) is 7.45. The van der Waals surface area contributed by atoms with Crippen molar-refractivity contribution in [3.8, 4) is 11.5 Å². The largest absolute Gasteiger partial charge is 0.493 e. The third-order valence-electron chi connectivity index (χ3n) is 4.24. The van der Waals surface area contributed by atoms with Gasteiger partial charge >= 0.3 is 0 Å². The molecule has 2 fully saturated rings. The van der Waals surface area contributed by atoms with Gasteiger partial charge in [0.25, 0.3) is 0 Å². The molecule has 21 heavy (non-hydrogen) atoms. The molecule has 1 atom stereocenters. The Hall–Kier alpha value is -0.970. The Balaban J connectivity index is 1.75. The van der Waals surface area contributed by atoms with Crippen LogP contribution in [0, 0.1) is 5.92 Å². The van der Waals surface area contributed by atoms with Crippen molar-refractivity contribution in [1.82, 2.24) is 4.90 Å². The Bertz CT molecular complexity index is 505. The molecule has 1 aromatic rings. The van der Waals surface area contributed by atoms with E-state index >= 15 is 0 Å². The molecule has 1 aliphatic heterocycles. The normalized spacial score (nSPS) is 23.1. The van der Waals surface area contributed by atoms with E-state index in [1.165, 1.54) is 12.8 Å². The molecule has 1 aliphatic carbocycles. The summed E-state index contributed by atoms with van der Waals surface area (Å²) in [6, 6.07) is 3.75. The van der Waals surface area contributed by atoms with Crippen molar-refractivity contribution in [3.05, 3.63) is 22.7 Å². The predicted octanol–water partition coefficient (Wildman–Crippen LogP) is 2.97. The molecule has 4 nitrogen and oxygen atoms in total. The monoisotopic (exact) mass is 311 g/mol. The average molecular weight is 312 g/mol. The van der Waals surface area contributed by atoms with Crippen LogP contribution in [0.15, 0.2) is 12.1 Å². The smallest absolute Gasteiger partial charge is 0.165 e. The first-order chi connectivity index (χ1) is 10.2. The van der Waals surface area contributed by atoms with Crippen LogP contribution in [0.1, 0.15) is 18.4 Å². The molecular weight excluding hydrogens is 290 g/mol. The Morgan fingerprint density at radius 3 is 2.76 bits per heavy atom. The van der Waals surface area contributed by atoms with Gasteiger partial charge in [-0.3, -0.25) is 4.90 Å². The molecule has 0 bridgehead atoms. The minimum atomic E-state index is 0.394. The Morgan fingerprint density at radius 1 is 1.29 bits per heavy atom. The summed E-state index contributed by atoms with van der Waals surface area (Å²) >= 11 is 6.19. The number of rotatable bonds is 5. The summed E-state index contributed by atoms with van der Waals surface area (Å²) in [5.41, 5.74) is 1.07. The lowest BCUT2D eigenvalue weighted by atomic mass is 10.1. The molecule has 116 valence electrons. The van der Waals surface area contributed by atoms with Gasteiger partial charge in [0.05, 0.1) is 26.9 Å². The summed E-state index contributed by atoms with van der Waals surface area (Å²) in [5.74, 6) is 2.23. The van der Waals surface area contributed by atoms with Crippen LogP contribution in [0.3, 0.4) is 0 Å². The average Bonchev–Trinajstić information content (AvgIpc) is 3.31. The van der Waals surface area contributed by atoms with Crippen LogP contribution >= 0.6 is 11.6 Å². The van der Waals surface area contributed by atoms with Crippen molar-refractivity contribution in [2.75, 3.05) is 33.9 Å². The fraction of sp³-hybridized carbons (Fsp3) is 0.625. The number of ether oxygens (including phenoxy) is 3. The van der Waals surface area contributed by atoms with Crippen molar-refractivity contribution in [1.29, 1.82) is 0 Å². The zero-order valence-electron chi connectivity index (χ0n) is 12.6. The number of benzene rings is 1. The molecule has 3 rings (SSSR count). The highest BCUT2D eigenvalue weighted by molar-refractivity contribution is 6.30. The van der Waals surface area contributed by atoms with Gasteiger partial charge in [0.1, 0.15) is 0 Å². The molecule has 1 saturated heterocycles. The van der Waals surface area contributed by atoms with Crippen molar-refractivity contribution in [2.24, 2.45) is 5.92 Å². The zero-order valence-corrected chi connectivity index (χ0v) is 13.4. The topological polar surface area (TPSA) is 30.9 Å². The number of hydrogen-bond donors (Lipinski definition) is 0. The van der Waals surface area contributed by atoms with E-state index in [0.29, 0.717) is 16.9 Å². The van der Waals surface area contributed by atoms with E-state index < -0.39 is 0 Å². The maximum Gasteiger partial charge on any atom is 0.165 e. The molecule has 0 spiro atoms. The number of nitrogens with zero attached hydrogens (tertiary/aromatic N) is 1. The van der Waals surface area contributed by atoms with Gasteiger partial charge in [-0.05, 0) is 24.8 Å². The van der Waals surface area contributed by atoms with E-state index in [4.69, 9.17) is 25.8 Å². The third kappa shape index (κ3) is 3.44. The third-order valence-corrected chi connectivity index (χ3v) is 4.46. The standard InChI is InChI=1S/C16H22ClNO3/c1-19-14-8-13(17)7-12(16(14)20-2)9-18-5-6-21-15(10-18)11-3-4-11/h7-8,11,15H,3-6,9-10H2,1-2H3/t15-/m1/s1. The number of morpholine rings is 1. The quantitative estimate of drug-likeness (QED) is 0.836. The molecule has 0 unspecified atom stereocenters. The maximum absolute atomic E-state index is 6.19. The fourth-order valence-electron chi connectivity index (χ4n) is 2.99. The van der Waals surface area contributed by atoms with E-state index in [1.807, 2.05) is 6.07 Å². The van der Waals surface area contributed by atoms with E-state index in [9.17, 15) is 0 Å². The molecule has 0 aromatic heterocycles. The summed E-state index contributed by atoms with van der Waals surface area (Å²) < 4.78 is 16.7. The number of methoxy groups -OCH3 is 2. The summed E-state index contributed by atoms with van der Waals surface area (Å²) in [4.78, 5) is 2.42. The summed E-state index contributed by atoms with van der Waals surface area (Å²) in [6.45, 7) is 3.55. The van der Waals surface area contributed by atoms with Gasteiger partial charge in [-0.15, -0.1) is 0 Å². The van der Waals surface area contributed by atoms with Gasteiger partial charge in [0.15, 0.2) is 11.5 Å². The Labute approximate surface area is 130 Å². The van der Waals surface area contributed by atoms with Crippen LogP contribution in [-0.4, -0.2) is 44.9 Å². The molecule has 0 N–H and O–H groups in total. The van der Waals surface area contributed by atoms with Crippen LogP contribution in [0.25, 0.3) is 0 Å². The van der Waals surface area contributed by atoms with Gasteiger partial charge in [-0.25, -0.2) is 0 Å². The van der Waals surface area contributed by atoms with Crippen LogP contribution in [0.2, 0.25) is 5.02 Å². The van der Waals surface area contributed by atoms with Crippen molar-refractivity contribution < 1.29 is 14.2 Å². The highest BCUT2D eigenvalue weighted by atomic mass is 35.5. The molecule has 0 radical (unpaired) electrons. The molecule has 5 heteroatoms. The molecular formula is C16H22ClNO3. The van der Waals surface area contributed by atoms with E-state index in [2.05, 4.69) is 4.90 Å². The second kappa shape index (κ2) is 6.42. The van der Waals surface area contributed by atoms with E-state index in [1.54, 1.807) is 20.3 Å². The van der Waals surface area contributed by atoms with Gasteiger partial charge in [-0.2, -0.15) is 0 Å². The molecule has 0 amide bonds. The zero-order chi connectivity index (χ0) is 14.8. The molecule has 1 heterocycles. The summed E-state index contributed by atoms with van der Waals surface area (Å²) in [5, 5.41) is 0.676. The molecule has 1 saturated carbocycles. The first kappa shape index (κ1) is 14.9. The van der Waals surface area contributed by atoms with E-state index in [0.717, 1.165) is 43.5 Å². The minimum Gasteiger partial charge on any atom is -0.493 e. The SMILES string of the molecule is COc1cc(Cl)cc(CN2CCO[C@@H](C3CC3)C2)c1OC. The lowest BCUT2D eigenvalue weighted by Gasteiger charge is -2.33. The second-order valence-corrected chi connectivity index (χ2v) is 6.22. The summed E-state index contributed by atoms with van der Waals surface area (Å²) in [7, 11) is 3.30. The number of halogens is 1. The van der Waals surface area contributed by atoms with Gasteiger partial charge in [-0.1, -0.05) is 11.6 Å². The van der Waals surface area contributed by atoms with Gasteiger partial charge in [0.2, 0.25) is 0 Å². The minimum absolute atomic E-state index is 0.394. The van der Waals surface area contributed by atoms with Crippen molar-refractivity contribution >= 4 is 11.6 Å². The van der Waals surface area contributed by atoms with Crippen LogP contribution in [-0.2, 0) is 11.3 Å². The van der Waals surface area contributed by atoms with Gasteiger partial charge in [0, 0.05) is 36.3 Å². The second-order valence-electron chi connectivity index (χ2n) is 5.78. The van der Waals surface area contributed by atoms with Crippen LogP contribution < -0.4 is 9.47 Å². The fourth-order valence-corrected chi connectivity index (χ4v) is 3.22. The molecule has 2 aliphatic rings. The van der Waals surface area contributed by atoms with Crippen LogP contribution in [0.5, 0.6) is 11.5 Å². The highest BCUT2D eigenvalue weighted by Gasteiger charge is 2.35. The first-order valence-corrected chi connectivity index (χ1v) is 7.83. The van der Waals surface area contributed by atoms with Crippen molar-refractivity contribution in [3.63, 3.8) is 0 Å². The summed E-state index contributed by atoms with van der Waals surface area (Å²) in [6.07, 6.45) is 3.02. The van der Waals surface area contributed by atoms with Crippen LogP contribution in [0.4, 0.5) is 0 Å². The number of hydrogen-bond acceptors (Lipinski definition) is 4. The highest BCUT2D eigenvalue weighted by Crippen LogP contribution is 2.38. The van der Waals surface area contributed by atoms with Crippen molar-refractivity contribution in [2.45, 2.75) is 25.5 Å². The lowest BCUT2D eigenvalue weighted by molar-refractivity contribution is -0.0420. The van der Waals surface area contributed by atoms with Gasteiger partial charge < -0.3 is 14.2 Å². The lowest BCUT2D eigenvalue weighted by Crippen LogP contribution is -2.42. The van der Waals surface area contributed by atoms with E-state index in [-0.39, 0.29) is 0 Å². The Kier molecular flexibility index (Phi) is 4.57. The predicted molar refractivity (Wildman–Crippen MR) is 82.3 cm³/mol. The molecule has 1 aromatic carbocycles.